The average Bonchev–Trinajstić information content (AvgIpc) is 2.65. The molecule has 1 saturated heterocycles. The van der Waals surface area contributed by atoms with Gasteiger partial charge in [-0.3, -0.25) is 23.9 Å². The number of aldehydes is 1. The molecule has 3 rings (SSSR count). The van der Waals surface area contributed by atoms with Crippen molar-refractivity contribution in [3.8, 4) is 0 Å². The molecule has 1 amide bonds. The summed E-state index contributed by atoms with van der Waals surface area (Å²) >= 11 is 2.27. The predicted molar refractivity (Wildman–Crippen MR) is 95.9 cm³/mol. The summed E-state index contributed by atoms with van der Waals surface area (Å²) in [6.45, 7) is -0.341. The van der Waals surface area contributed by atoms with Crippen molar-refractivity contribution in [2.24, 2.45) is 5.73 Å². The van der Waals surface area contributed by atoms with Crippen LogP contribution in [0.3, 0.4) is 0 Å². The number of carbonyl (C=O) groups excluding carboxylic acids is 2. The molecule has 1 fully saturated rings. The molecule has 2 unspecified atom stereocenters. The van der Waals surface area contributed by atoms with Crippen LogP contribution in [0.25, 0.3) is 0 Å². The lowest BCUT2D eigenvalue weighted by Crippen LogP contribution is -2.68. The molecule has 2 atom stereocenters. The van der Waals surface area contributed by atoms with Crippen LogP contribution >= 0.6 is 23.5 Å². The molecule has 3 heterocycles. The van der Waals surface area contributed by atoms with Crippen molar-refractivity contribution in [3.05, 3.63) is 43.5 Å². The van der Waals surface area contributed by atoms with Crippen LogP contribution in [-0.4, -0.2) is 60.1 Å². The van der Waals surface area contributed by atoms with E-state index in [1.165, 1.54) is 23.2 Å². The first-order valence-corrected chi connectivity index (χ1v) is 9.42. The molecule has 1 aromatic rings. The highest BCUT2D eigenvalue weighted by Crippen LogP contribution is 2.39. The fraction of sp³-hybridized carbons (Fsp3) is 0.286. The zero-order valence-electron chi connectivity index (χ0n) is 13.5. The van der Waals surface area contributed by atoms with E-state index in [0.29, 0.717) is 17.6 Å². The van der Waals surface area contributed by atoms with Gasteiger partial charge in [-0.05, 0) is 17.1 Å². The molecule has 1 aromatic heterocycles. The third-order valence-corrected chi connectivity index (χ3v) is 5.98. The minimum Gasteiger partial charge on any atom is -0.477 e. The van der Waals surface area contributed by atoms with Gasteiger partial charge < -0.3 is 15.6 Å². The second kappa shape index (κ2) is 7.54. The molecule has 2 aliphatic heterocycles. The molecule has 0 bridgehead atoms. The second-order valence-corrected chi connectivity index (χ2v) is 7.43. The molecular weight excluding hydrogens is 398 g/mol. The topological polar surface area (TPSA) is 168 Å². The number of nitrogens with zero attached hydrogens (tertiary/aromatic N) is 3. The van der Waals surface area contributed by atoms with Gasteiger partial charge in [0.25, 0.3) is 0 Å². The van der Waals surface area contributed by atoms with Crippen molar-refractivity contribution in [2.45, 2.75) is 23.1 Å². The zero-order chi connectivity index (χ0) is 19.7. The molecule has 142 valence electrons. The number of allylic oxidation sites excluding steroid dienone is 1. The van der Waals surface area contributed by atoms with Crippen molar-refractivity contribution in [1.82, 2.24) is 19.7 Å². The number of carbonyl (C=O) groups is 3. The zero-order valence-corrected chi connectivity index (χ0v) is 15.2. The van der Waals surface area contributed by atoms with Crippen LogP contribution in [0.4, 0.5) is 0 Å². The minimum atomic E-state index is -1.25. The summed E-state index contributed by atoms with van der Waals surface area (Å²) in [5.74, 6) is -1.36. The Hall–Kier alpha value is -2.64. The Balaban J connectivity index is 1.88. The van der Waals surface area contributed by atoms with Crippen LogP contribution in [0.15, 0.2) is 37.5 Å². The largest absolute Gasteiger partial charge is 0.477 e. The molecule has 0 aliphatic carbocycles. The molecule has 2 aliphatic rings. The number of thioether (sulfide) groups is 2. The first-order valence-electron chi connectivity index (χ1n) is 7.50. The number of nitrogens with one attached hydrogen (secondary N) is 1. The first-order chi connectivity index (χ1) is 12.9. The van der Waals surface area contributed by atoms with E-state index in [1.807, 2.05) is 5.10 Å². The van der Waals surface area contributed by atoms with E-state index in [9.17, 15) is 29.1 Å². The number of nitrogens with two attached hydrogens (primary N) is 1. The quantitative estimate of drug-likeness (QED) is 0.213. The lowest BCUT2D eigenvalue weighted by molar-refractivity contribution is -0.147. The van der Waals surface area contributed by atoms with E-state index in [4.69, 9.17) is 5.73 Å². The predicted octanol–water partition coefficient (Wildman–Crippen LogP) is -1.68. The normalized spacial score (nSPS) is 22.0. The van der Waals surface area contributed by atoms with Crippen molar-refractivity contribution in [2.75, 3.05) is 5.75 Å². The van der Waals surface area contributed by atoms with Crippen molar-refractivity contribution >= 4 is 41.7 Å². The van der Waals surface area contributed by atoms with Gasteiger partial charge in [0.15, 0.2) is 5.16 Å². The number of amides is 1. The van der Waals surface area contributed by atoms with E-state index in [2.05, 4.69) is 5.10 Å². The molecular formula is C14H13N5O6S2. The monoisotopic (exact) mass is 411 g/mol. The van der Waals surface area contributed by atoms with Gasteiger partial charge in [0, 0.05) is 5.75 Å². The van der Waals surface area contributed by atoms with Gasteiger partial charge >= 0.3 is 17.1 Å². The third-order valence-electron chi connectivity index (χ3n) is 3.86. The van der Waals surface area contributed by atoms with Gasteiger partial charge in [0.2, 0.25) is 5.91 Å². The number of aromatic amines is 1. The number of hydrogen-bond donors (Lipinski definition) is 3. The Bertz CT molecular complexity index is 996. The van der Waals surface area contributed by atoms with Crippen LogP contribution in [0.5, 0.6) is 0 Å². The van der Waals surface area contributed by atoms with Gasteiger partial charge in [-0.2, -0.15) is 0 Å². The Morgan fingerprint density at radius 1 is 1.44 bits per heavy atom. The van der Waals surface area contributed by atoms with E-state index in [1.54, 1.807) is 0 Å². The summed E-state index contributed by atoms with van der Waals surface area (Å²) < 4.78 is 0.900. The molecule has 13 heteroatoms. The third kappa shape index (κ3) is 3.36. The first kappa shape index (κ1) is 19.1. The van der Waals surface area contributed by atoms with E-state index in [0.717, 1.165) is 21.2 Å². The number of rotatable bonds is 6. The maximum Gasteiger partial charge on any atom is 0.352 e. The number of aromatic nitrogens is 3. The molecule has 0 saturated carbocycles. The molecule has 11 nitrogen and oxygen atoms in total. The highest BCUT2D eigenvalue weighted by molar-refractivity contribution is 8.02. The number of carboxylic acids is 1. The number of aliphatic carboxylic acids is 1. The van der Waals surface area contributed by atoms with Crippen LogP contribution < -0.4 is 16.9 Å². The lowest BCUT2D eigenvalue weighted by Gasteiger charge is -2.47. The van der Waals surface area contributed by atoms with E-state index in [-0.39, 0.29) is 17.4 Å². The van der Waals surface area contributed by atoms with E-state index >= 15 is 0 Å². The summed E-state index contributed by atoms with van der Waals surface area (Å²) in [6.07, 6.45) is 1.94. The van der Waals surface area contributed by atoms with Crippen LogP contribution in [0.2, 0.25) is 0 Å². The summed E-state index contributed by atoms with van der Waals surface area (Å²) in [7, 11) is 0. The van der Waals surface area contributed by atoms with Crippen LogP contribution in [0.1, 0.15) is 0 Å². The number of hydrogen-bond acceptors (Lipinski definition) is 9. The number of fused-ring (bicyclic) bond motifs is 1. The lowest BCUT2D eigenvalue weighted by atomic mass is 10.0. The summed E-state index contributed by atoms with van der Waals surface area (Å²) in [4.78, 5) is 58.4. The SMILES string of the molecule is NC1C(=O)N2C(C(=O)O)=C(/C=C/Sc3n[nH]c(=O)c(=O)n3CC=O)CSC12. The van der Waals surface area contributed by atoms with Gasteiger partial charge in [0.05, 0.1) is 6.54 Å². The van der Waals surface area contributed by atoms with Crippen molar-refractivity contribution in [3.63, 3.8) is 0 Å². The Labute approximate surface area is 159 Å². The van der Waals surface area contributed by atoms with Gasteiger partial charge in [-0.15, -0.1) is 16.9 Å². The van der Waals surface area contributed by atoms with E-state index < -0.39 is 34.4 Å². The molecule has 0 spiro atoms. The van der Waals surface area contributed by atoms with Crippen LogP contribution in [0, 0.1) is 0 Å². The Kier molecular flexibility index (Phi) is 5.34. The molecule has 0 aromatic carbocycles. The molecule has 0 radical (unpaired) electrons. The fourth-order valence-corrected chi connectivity index (χ4v) is 4.59. The molecule has 4 N–H and O–H groups in total. The minimum absolute atomic E-state index is 0.0591. The standard InChI is InChI=1S/C14H13N5O6S2/c15-7-10(22)19-8(13(24)25)6(5-27-12(7)19)1-4-26-14-17-16-9(21)11(23)18(14)2-3-20/h1,3-4,7,12H,2,5,15H2,(H,16,21)(H,24,25)/b4-1+. The highest BCUT2D eigenvalue weighted by Gasteiger charge is 2.51. The Morgan fingerprint density at radius 3 is 2.85 bits per heavy atom. The van der Waals surface area contributed by atoms with Crippen molar-refractivity contribution < 1.29 is 19.5 Å². The van der Waals surface area contributed by atoms with Gasteiger partial charge in [-0.1, -0.05) is 11.8 Å². The maximum absolute atomic E-state index is 11.9. The maximum atomic E-state index is 11.9. The smallest absolute Gasteiger partial charge is 0.352 e. The number of β-lactam (4-membered cyclic amide) rings is 1. The number of H-pyrrole nitrogens is 1. The van der Waals surface area contributed by atoms with Crippen molar-refractivity contribution in [1.29, 1.82) is 0 Å². The summed E-state index contributed by atoms with van der Waals surface area (Å²) in [5.41, 5.74) is 4.06. The van der Waals surface area contributed by atoms with Gasteiger partial charge in [0.1, 0.15) is 23.4 Å². The summed E-state index contributed by atoms with van der Waals surface area (Å²) in [5, 5.41) is 16.3. The Morgan fingerprint density at radius 2 is 2.19 bits per heavy atom. The van der Waals surface area contributed by atoms with Crippen LogP contribution in [-0.2, 0) is 20.9 Å². The average molecular weight is 411 g/mol. The second-order valence-electron chi connectivity index (χ2n) is 5.45. The fourth-order valence-electron chi connectivity index (χ4n) is 2.59. The number of carboxylic acid groups (broad SMARTS) is 1. The molecule has 27 heavy (non-hydrogen) atoms. The van der Waals surface area contributed by atoms with Gasteiger partial charge in [-0.25, -0.2) is 9.89 Å². The summed E-state index contributed by atoms with van der Waals surface area (Å²) in [6, 6.07) is -0.715. The highest BCUT2D eigenvalue weighted by atomic mass is 32.2.